The van der Waals surface area contributed by atoms with Gasteiger partial charge < -0.3 is 10.8 Å². The topological polar surface area (TPSA) is 95.2 Å². The summed E-state index contributed by atoms with van der Waals surface area (Å²) in [6, 6.07) is 0. The highest BCUT2D eigenvalue weighted by Gasteiger charge is 2.41. The molecule has 0 aromatic carbocycles. The predicted octanol–water partition coefficient (Wildman–Crippen LogP) is 0.0143. The molecule has 4 N–H and O–H groups in total. The van der Waals surface area contributed by atoms with Gasteiger partial charge in [0, 0.05) is 30.9 Å². The lowest BCUT2D eigenvalue weighted by Gasteiger charge is -2.20. The van der Waals surface area contributed by atoms with Crippen molar-refractivity contribution in [3.63, 3.8) is 0 Å². The van der Waals surface area contributed by atoms with Crippen molar-refractivity contribution in [1.29, 1.82) is 0 Å². The smallest absolute Gasteiger partial charge is 0.325 e. The van der Waals surface area contributed by atoms with E-state index in [9.17, 15) is 4.79 Å². The highest BCUT2D eigenvalue weighted by atomic mass is 16.4. The Morgan fingerprint density at radius 3 is 2.82 bits per heavy atom. The number of likely N-dealkylation sites (tertiary alicyclic amines) is 1. The summed E-state index contributed by atoms with van der Waals surface area (Å²) in [6.07, 6.45) is 0.498. The highest BCUT2D eigenvalue weighted by Crippen LogP contribution is 2.22. The van der Waals surface area contributed by atoms with Gasteiger partial charge in [-0.2, -0.15) is 5.10 Å². The minimum atomic E-state index is -1.09. The maximum atomic E-state index is 11.0. The normalized spacial score (nSPS) is 25.4. The average Bonchev–Trinajstić information content (AvgIpc) is 2.78. The lowest BCUT2D eigenvalue weighted by Crippen LogP contribution is -2.50. The molecule has 0 spiro atoms. The highest BCUT2D eigenvalue weighted by molar-refractivity contribution is 5.79. The maximum Gasteiger partial charge on any atom is 0.325 e. The lowest BCUT2D eigenvalue weighted by molar-refractivity contribution is -0.142. The summed E-state index contributed by atoms with van der Waals surface area (Å²) in [5.74, 6) is -0.916. The molecule has 0 amide bonds. The first kappa shape index (κ1) is 12.1. The summed E-state index contributed by atoms with van der Waals surface area (Å²) in [4.78, 5) is 13.1. The van der Waals surface area contributed by atoms with E-state index in [2.05, 4.69) is 15.1 Å². The third-order valence-corrected chi connectivity index (χ3v) is 3.47. The lowest BCUT2D eigenvalue weighted by atomic mass is 10.0. The second-order valence-corrected chi connectivity index (χ2v) is 4.83. The van der Waals surface area contributed by atoms with Crippen LogP contribution in [0.3, 0.4) is 0 Å². The van der Waals surface area contributed by atoms with E-state index in [4.69, 9.17) is 10.8 Å². The molecule has 0 radical (unpaired) electrons. The van der Waals surface area contributed by atoms with E-state index in [-0.39, 0.29) is 0 Å². The number of nitrogens with two attached hydrogens (primary N) is 1. The van der Waals surface area contributed by atoms with Gasteiger partial charge in [0.05, 0.1) is 5.69 Å². The van der Waals surface area contributed by atoms with Crippen molar-refractivity contribution < 1.29 is 9.90 Å². The molecule has 1 aliphatic rings. The van der Waals surface area contributed by atoms with Crippen molar-refractivity contribution in [2.45, 2.75) is 32.4 Å². The second kappa shape index (κ2) is 4.12. The van der Waals surface area contributed by atoms with Crippen LogP contribution in [0.1, 0.15) is 23.4 Å². The molecule has 1 fully saturated rings. The van der Waals surface area contributed by atoms with Crippen LogP contribution in [-0.4, -0.2) is 44.8 Å². The van der Waals surface area contributed by atoms with Gasteiger partial charge in [-0.3, -0.25) is 14.8 Å². The second-order valence-electron chi connectivity index (χ2n) is 4.83. The van der Waals surface area contributed by atoms with Crippen molar-refractivity contribution in [2.24, 2.45) is 5.73 Å². The zero-order chi connectivity index (χ0) is 12.6. The number of hydrogen-bond acceptors (Lipinski definition) is 4. The number of hydrogen-bond donors (Lipinski definition) is 3. The molecule has 1 aliphatic heterocycles. The minimum Gasteiger partial charge on any atom is -0.480 e. The van der Waals surface area contributed by atoms with Gasteiger partial charge in [0.2, 0.25) is 0 Å². The first-order chi connectivity index (χ1) is 7.92. The molecule has 0 aliphatic carbocycles. The van der Waals surface area contributed by atoms with Gasteiger partial charge in [0.25, 0.3) is 0 Å². The van der Waals surface area contributed by atoms with Crippen LogP contribution in [0.2, 0.25) is 0 Å². The number of aryl methyl sites for hydroxylation is 2. The SMILES string of the molecule is Cc1n[nH]c(C)c1CN1CCC(N)(C(=O)O)C1. The monoisotopic (exact) mass is 238 g/mol. The van der Waals surface area contributed by atoms with E-state index in [1.54, 1.807) is 0 Å². The van der Waals surface area contributed by atoms with Gasteiger partial charge in [0.15, 0.2) is 0 Å². The minimum absolute atomic E-state index is 0.395. The molecule has 1 unspecified atom stereocenters. The number of aromatic amines is 1. The van der Waals surface area contributed by atoms with Crippen molar-refractivity contribution in [2.75, 3.05) is 13.1 Å². The van der Waals surface area contributed by atoms with Crippen molar-refractivity contribution in [1.82, 2.24) is 15.1 Å². The number of H-pyrrole nitrogens is 1. The summed E-state index contributed by atoms with van der Waals surface area (Å²) in [5.41, 5.74) is 7.88. The molecule has 0 saturated carbocycles. The Kier molecular flexibility index (Phi) is 2.92. The average molecular weight is 238 g/mol. The van der Waals surface area contributed by atoms with Gasteiger partial charge in [-0.1, -0.05) is 0 Å². The van der Waals surface area contributed by atoms with Crippen LogP contribution in [0, 0.1) is 13.8 Å². The number of rotatable bonds is 3. The Labute approximate surface area is 99.8 Å². The first-order valence-electron chi connectivity index (χ1n) is 5.67. The van der Waals surface area contributed by atoms with Gasteiger partial charge in [-0.25, -0.2) is 0 Å². The number of carboxylic acids is 1. The van der Waals surface area contributed by atoms with E-state index in [0.717, 1.165) is 17.0 Å². The molecule has 6 nitrogen and oxygen atoms in total. The van der Waals surface area contributed by atoms with E-state index < -0.39 is 11.5 Å². The molecular formula is C11H18N4O2. The van der Waals surface area contributed by atoms with Crippen LogP contribution in [0.25, 0.3) is 0 Å². The van der Waals surface area contributed by atoms with Crippen molar-refractivity contribution in [3.8, 4) is 0 Å². The Hall–Kier alpha value is -1.40. The van der Waals surface area contributed by atoms with E-state index in [1.165, 1.54) is 0 Å². The summed E-state index contributed by atoms with van der Waals surface area (Å²) < 4.78 is 0. The van der Waals surface area contributed by atoms with Crippen LogP contribution >= 0.6 is 0 Å². The van der Waals surface area contributed by atoms with E-state index in [1.807, 2.05) is 13.8 Å². The fourth-order valence-corrected chi connectivity index (χ4v) is 2.25. The Morgan fingerprint density at radius 1 is 1.65 bits per heavy atom. The molecule has 94 valence electrons. The number of carboxylic acid groups (broad SMARTS) is 1. The number of nitrogens with one attached hydrogen (secondary N) is 1. The summed E-state index contributed by atoms with van der Waals surface area (Å²) in [6.45, 7) is 5.74. The zero-order valence-corrected chi connectivity index (χ0v) is 10.2. The van der Waals surface area contributed by atoms with Crippen LogP contribution in [0.5, 0.6) is 0 Å². The maximum absolute atomic E-state index is 11.0. The van der Waals surface area contributed by atoms with Gasteiger partial charge in [0.1, 0.15) is 5.54 Å². The Bertz CT molecular complexity index is 423. The number of aliphatic carboxylic acids is 1. The molecule has 1 aromatic rings. The van der Waals surface area contributed by atoms with Gasteiger partial charge in [-0.05, 0) is 20.3 Å². The number of carbonyl (C=O) groups is 1. The van der Waals surface area contributed by atoms with Crippen LogP contribution in [0.15, 0.2) is 0 Å². The van der Waals surface area contributed by atoms with E-state index in [0.29, 0.717) is 26.1 Å². The fraction of sp³-hybridized carbons (Fsp3) is 0.636. The van der Waals surface area contributed by atoms with Gasteiger partial charge >= 0.3 is 5.97 Å². The molecule has 1 atom stereocenters. The standard InChI is InChI=1S/C11H18N4O2/c1-7-9(8(2)14-13-7)5-15-4-3-11(12,6-15)10(16)17/h3-6,12H2,1-2H3,(H,13,14)(H,16,17). The Balaban J connectivity index is 2.06. The molecule has 0 bridgehead atoms. The quantitative estimate of drug-likeness (QED) is 0.689. The third-order valence-electron chi connectivity index (χ3n) is 3.47. The third kappa shape index (κ3) is 2.18. The number of aromatic nitrogens is 2. The fourth-order valence-electron chi connectivity index (χ4n) is 2.25. The van der Waals surface area contributed by atoms with Crippen LogP contribution in [-0.2, 0) is 11.3 Å². The Morgan fingerprint density at radius 2 is 2.35 bits per heavy atom. The molecule has 2 rings (SSSR count). The van der Waals surface area contributed by atoms with Crippen LogP contribution in [0.4, 0.5) is 0 Å². The largest absolute Gasteiger partial charge is 0.480 e. The summed E-state index contributed by atoms with van der Waals surface area (Å²) in [7, 11) is 0. The first-order valence-corrected chi connectivity index (χ1v) is 5.67. The molecule has 17 heavy (non-hydrogen) atoms. The predicted molar refractivity (Wildman–Crippen MR) is 62.5 cm³/mol. The van der Waals surface area contributed by atoms with Gasteiger partial charge in [-0.15, -0.1) is 0 Å². The molecule has 6 heteroatoms. The van der Waals surface area contributed by atoms with Crippen molar-refractivity contribution in [3.05, 3.63) is 17.0 Å². The number of nitrogens with zero attached hydrogens (tertiary/aromatic N) is 2. The van der Waals surface area contributed by atoms with Crippen LogP contribution < -0.4 is 5.73 Å². The molecule has 2 heterocycles. The zero-order valence-electron chi connectivity index (χ0n) is 10.2. The van der Waals surface area contributed by atoms with E-state index >= 15 is 0 Å². The molecule has 1 aromatic heterocycles. The summed E-state index contributed by atoms with van der Waals surface area (Å²) >= 11 is 0. The summed E-state index contributed by atoms with van der Waals surface area (Å²) in [5, 5.41) is 16.1. The molecule has 1 saturated heterocycles. The molecular weight excluding hydrogens is 220 g/mol. The van der Waals surface area contributed by atoms with Crippen molar-refractivity contribution >= 4 is 5.97 Å².